The summed E-state index contributed by atoms with van der Waals surface area (Å²) in [7, 11) is -1.84. The molecule has 1 N–H and O–H groups in total. The molecule has 6 nitrogen and oxygen atoms in total. The fourth-order valence-electron chi connectivity index (χ4n) is 2.79. The zero-order chi connectivity index (χ0) is 20.4. The fraction of sp³-hybridized carbons (Fsp3) is 0.350. The van der Waals surface area contributed by atoms with Crippen LogP contribution in [0.3, 0.4) is 0 Å². The number of rotatable bonds is 6. The zero-order valence-electron chi connectivity index (χ0n) is 16.5. The zero-order valence-corrected chi connectivity index (χ0v) is 17.3. The van der Waals surface area contributed by atoms with Crippen molar-refractivity contribution in [2.45, 2.75) is 33.8 Å². The summed E-state index contributed by atoms with van der Waals surface area (Å²) in [6.07, 6.45) is 0.433. The molecule has 0 saturated heterocycles. The number of benzene rings is 2. The topological polar surface area (TPSA) is 75.7 Å². The highest BCUT2D eigenvalue weighted by Gasteiger charge is 2.18. The Morgan fingerprint density at radius 2 is 1.59 bits per heavy atom. The second kappa shape index (κ2) is 8.00. The van der Waals surface area contributed by atoms with Gasteiger partial charge in [0, 0.05) is 12.7 Å². The van der Waals surface area contributed by atoms with Crippen molar-refractivity contribution < 1.29 is 17.9 Å². The van der Waals surface area contributed by atoms with Crippen molar-refractivity contribution in [3.8, 4) is 5.75 Å². The first kappa shape index (κ1) is 20.8. The van der Waals surface area contributed by atoms with E-state index in [1.165, 1.54) is 11.4 Å². The van der Waals surface area contributed by atoms with Crippen LogP contribution >= 0.6 is 0 Å². The molecule has 2 aromatic carbocycles. The summed E-state index contributed by atoms with van der Waals surface area (Å²) in [6, 6.07) is 10.6. The van der Waals surface area contributed by atoms with Crippen LogP contribution in [-0.4, -0.2) is 33.7 Å². The molecule has 0 spiro atoms. The van der Waals surface area contributed by atoms with Crippen LogP contribution in [0.5, 0.6) is 5.75 Å². The predicted molar refractivity (Wildman–Crippen MR) is 109 cm³/mol. The van der Waals surface area contributed by atoms with Crippen molar-refractivity contribution in [2.75, 3.05) is 22.9 Å². The highest BCUT2D eigenvalue weighted by atomic mass is 32.2. The SMILES string of the molecule is Cc1cc(C)c(NC(=O)[C@@H](C)Oc2ccc(N(C)S(C)(=O)=O)cc2)c(C)c1. The number of carbonyl (C=O) groups is 1. The number of anilines is 2. The predicted octanol–water partition coefficient (Wildman–Crippen LogP) is 3.41. The number of nitrogens with zero attached hydrogens (tertiary/aromatic N) is 1. The lowest BCUT2D eigenvalue weighted by molar-refractivity contribution is -0.122. The number of aryl methyl sites for hydroxylation is 3. The number of ether oxygens (including phenoxy) is 1. The lowest BCUT2D eigenvalue weighted by atomic mass is 10.0. The van der Waals surface area contributed by atoms with E-state index in [1.54, 1.807) is 31.2 Å². The van der Waals surface area contributed by atoms with E-state index >= 15 is 0 Å². The molecule has 7 heteroatoms. The van der Waals surface area contributed by atoms with Crippen LogP contribution in [0.4, 0.5) is 11.4 Å². The number of amides is 1. The Balaban J connectivity index is 2.07. The minimum absolute atomic E-state index is 0.248. The first-order valence-electron chi connectivity index (χ1n) is 8.58. The molecule has 2 rings (SSSR count). The van der Waals surface area contributed by atoms with Gasteiger partial charge in [-0.05, 0) is 63.1 Å². The minimum atomic E-state index is -3.32. The number of hydrogen-bond acceptors (Lipinski definition) is 4. The van der Waals surface area contributed by atoms with Gasteiger partial charge in [-0.1, -0.05) is 17.7 Å². The Bertz CT molecular complexity index is 914. The Kier molecular flexibility index (Phi) is 6.15. The smallest absolute Gasteiger partial charge is 0.265 e. The molecule has 0 unspecified atom stereocenters. The number of sulfonamides is 1. The first-order valence-corrected chi connectivity index (χ1v) is 10.4. The summed E-state index contributed by atoms with van der Waals surface area (Å²) in [5.41, 5.74) is 4.47. The van der Waals surface area contributed by atoms with Gasteiger partial charge in [0.15, 0.2) is 6.10 Å². The van der Waals surface area contributed by atoms with Crippen LogP contribution < -0.4 is 14.4 Å². The van der Waals surface area contributed by atoms with Crippen LogP contribution in [0.1, 0.15) is 23.6 Å². The maximum absolute atomic E-state index is 12.5. The van der Waals surface area contributed by atoms with E-state index in [2.05, 4.69) is 5.32 Å². The highest BCUT2D eigenvalue weighted by Crippen LogP contribution is 2.24. The largest absolute Gasteiger partial charge is 0.481 e. The number of nitrogens with one attached hydrogen (secondary N) is 1. The molecule has 0 saturated carbocycles. The summed E-state index contributed by atoms with van der Waals surface area (Å²) >= 11 is 0. The molecule has 0 fully saturated rings. The van der Waals surface area contributed by atoms with E-state index in [4.69, 9.17) is 4.74 Å². The summed E-state index contributed by atoms with van der Waals surface area (Å²) in [5, 5.41) is 2.92. The summed E-state index contributed by atoms with van der Waals surface area (Å²) in [5.74, 6) is 0.239. The molecule has 0 aliphatic carbocycles. The molecule has 0 aromatic heterocycles. The van der Waals surface area contributed by atoms with E-state index in [0.29, 0.717) is 11.4 Å². The molecule has 0 bridgehead atoms. The van der Waals surface area contributed by atoms with Crippen molar-refractivity contribution in [3.63, 3.8) is 0 Å². The number of carbonyl (C=O) groups excluding carboxylic acids is 1. The van der Waals surface area contributed by atoms with Crippen LogP contribution in [0.2, 0.25) is 0 Å². The maximum atomic E-state index is 12.5. The Hall–Kier alpha value is -2.54. The van der Waals surface area contributed by atoms with Crippen molar-refractivity contribution >= 4 is 27.3 Å². The van der Waals surface area contributed by atoms with Gasteiger partial charge in [0.05, 0.1) is 11.9 Å². The van der Waals surface area contributed by atoms with E-state index < -0.39 is 16.1 Å². The second-order valence-electron chi connectivity index (χ2n) is 6.75. The van der Waals surface area contributed by atoms with Gasteiger partial charge in [0.1, 0.15) is 5.75 Å². The van der Waals surface area contributed by atoms with E-state index in [9.17, 15) is 13.2 Å². The third-order valence-electron chi connectivity index (χ3n) is 4.31. The second-order valence-corrected chi connectivity index (χ2v) is 8.76. The van der Waals surface area contributed by atoms with Crippen LogP contribution in [0.15, 0.2) is 36.4 Å². The molecule has 1 atom stereocenters. The van der Waals surface area contributed by atoms with E-state index in [1.807, 2.05) is 32.9 Å². The van der Waals surface area contributed by atoms with Crippen LogP contribution in [0, 0.1) is 20.8 Å². The van der Waals surface area contributed by atoms with Gasteiger partial charge < -0.3 is 10.1 Å². The van der Waals surface area contributed by atoms with Gasteiger partial charge >= 0.3 is 0 Å². The maximum Gasteiger partial charge on any atom is 0.265 e. The summed E-state index contributed by atoms with van der Waals surface area (Å²) in [6.45, 7) is 7.60. The Morgan fingerprint density at radius 3 is 2.07 bits per heavy atom. The molecular formula is C20H26N2O4S. The summed E-state index contributed by atoms with van der Waals surface area (Å²) < 4.78 is 30.0. The van der Waals surface area contributed by atoms with Crippen LogP contribution in [-0.2, 0) is 14.8 Å². The van der Waals surface area contributed by atoms with Gasteiger partial charge in [0.2, 0.25) is 10.0 Å². The molecule has 0 heterocycles. The normalized spacial score (nSPS) is 12.4. The van der Waals surface area contributed by atoms with E-state index in [0.717, 1.165) is 28.6 Å². The molecule has 1 amide bonds. The van der Waals surface area contributed by atoms with Gasteiger partial charge in [-0.2, -0.15) is 0 Å². The monoisotopic (exact) mass is 390 g/mol. The van der Waals surface area contributed by atoms with Gasteiger partial charge in [-0.15, -0.1) is 0 Å². The summed E-state index contributed by atoms with van der Waals surface area (Å²) in [4.78, 5) is 12.5. The number of hydrogen-bond donors (Lipinski definition) is 1. The highest BCUT2D eigenvalue weighted by molar-refractivity contribution is 7.92. The van der Waals surface area contributed by atoms with Crippen LogP contribution in [0.25, 0.3) is 0 Å². The quantitative estimate of drug-likeness (QED) is 0.820. The fourth-order valence-corrected chi connectivity index (χ4v) is 3.29. The lowest BCUT2D eigenvalue weighted by Gasteiger charge is -2.19. The minimum Gasteiger partial charge on any atom is -0.481 e. The first-order chi connectivity index (χ1) is 12.5. The molecular weight excluding hydrogens is 364 g/mol. The third kappa shape index (κ3) is 5.23. The molecule has 146 valence electrons. The molecule has 0 radical (unpaired) electrons. The average Bonchev–Trinajstić information content (AvgIpc) is 2.57. The van der Waals surface area contributed by atoms with E-state index in [-0.39, 0.29) is 5.91 Å². The molecule has 0 aliphatic heterocycles. The average molecular weight is 391 g/mol. The van der Waals surface area contributed by atoms with Crippen molar-refractivity contribution in [1.82, 2.24) is 0 Å². The van der Waals surface area contributed by atoms with Crippen molar-refractivity contribution in [1.29, 1.82) is 0 Å². The molecule has 27 heavy (non-hydrogen) atoms. The Morgan fingerprint density at radius 1 is 1.07 bits per heavy atom. The standard InChI is InChI=1S/C20H26N2O4S/c1-13-11-14(2)19(15(3)12-13)21-20(23)16(4)26-18-9-7-17(8-10-18)22(5)27(6,24)25/h7-12,16H,1-6H3,(H,21,23)/t16-/m1/s1. The third-order valence-corrected chi connectivity index (χ3v) is 5.51. The Labute approximate surface area is 161 Å². The molecule has 2 aromatic rings. The van der Waals surface area contributed by atoms with Crippen molar-refractivity contribution in [2.24, 2.45) is 0 Å². The van der Waals surface area contributed by atoms with Gasteiger partial charge in [-0.3, -0.25) is 9.10 Å². The lowest BCUT2D eigenvalue weighted by Crippen LogP contribution is -2.30. The molecule has 0 aliphatic rings. The van der Waals surface area contributed by atoms with Gasteiger partial charge in [-0.25, -0.2) is 8.42 Å². The van der Waals surface area contributed by atoms with Gasteiger partial charge in [0.25, 0.3) is 5.91 Å². The van der Waals surface area contributed by atoms with Crippen molar-refractivity contribution in [3.05, 3.63) is 53.1 Å².